The molecule has 2 rings (SSSR count). The van der Waals surface area contributed by atoms with E-state index in [0.29, 0.717) is 18.8 Å². The maximum absolute atomic E-state index is 14.0. The van der Waals surface area contributed by atoms with Crippen molar-refractivity contribution in [1.29, 1.82) is 0 Å². The highest BCUT2D eigenvalue weighted by Crippen LogP contribution is 2.60. The summed E-state index contributed by atoms with van der Waals surface area (Å²) in [6, 6.07) is 4.11. The number of carbonyl (C=O) groups is 1. The molecule has 0 N–H and O–H groups in total. The van der Waals surface area contributed by atoms with Gasteiger partial charge >= 0.3 is 41.8 Å². The van der Waals surface area contributed by atoms with Gasteiger partial charge in [0.2, 0.25) is 0 Å². The Hall–Kier alpha value is -2.22. The van der Waals surface area contributed by atoms with Crippen LogP contribution >= 0.6 is 0 Å². The molecule has 0 aliphatic heterocycles. The molecule has 1 aliphatic carbocycles. The van der Waals surface area contributed by atoms with Crippen molar-refractivity contribution >= 4 is 5.97 Å². The van der Waals surface area contributed by atoms with Crippen molar-refractivity contribution in [3.8, 4) is 5.75 Å². The number of alkyl halides is 13. The van der Waals surface area contributed by atoms with Crippen LogP contribution in [-0.2, 0) is 11.2 Å². The van der Waals surface area contributed by atoms with Gasteiger partial charge in [-0.3, -0.25) is 4.79 Å². The van der Waals surface area contributed by atoms with E-state index in [4.69, 9.17) is 4.74 Å². The number of esters is 1. The maximum Gasteiger partial charge on any atom is 0.460 e. The van der Waals surface area contributed by atoms with Crippen LogP contribution in [0.3, 0.4) is 0 Å². The van der Waals surface area contributed by atoms with Crippen LogP contribution in [0.15, 0.2) is 24.3 Å². The minimum Gasteiger partial charge on any atom is -0.426 e. The molecule has 0 atom stereocenters. The highest BCUT2D eigenvalue weighted by Gasteiger charge is 2.90. The monoisotopic (exact) mass is 620 g/mol. The fourth-order valence-corrected chi connectivity index (χ4v) is 4.55. The van der Waals surface area contributed by atoms with Crippen molar-refractivity contribution in [2.75, 3.05) is 0 Å². The third kappa shape index (κ3) is 7.23. The summed E-state index contributed by atoms with van der Waals surface area (Å²) < 4.78 is 177. The van der Waals surface area contributed by atoms with E-state index in [2.05, 4.69) is 6.92 Å². The van der Waals surface area contributed by atoms with Gasteiger partial charge in [-0.2, -0.15) is 57.1 Å². The molecule has 0 amide bonds. The van der Waals surface area contributed by atoms with Gasteiger partial charge in [0.05, 0.1) is 5.92 Å². The molecule has 236 valence electrons. The van der Waals surface area contributed by atoms with Crippen LogP contribution in [-0.4, -0.2) is 41.8 Å². The van der Waals surface area contributed by atoms with Crippen LogP contribution < -0.4 is 4.74 Å². The van der Waals surface area contributed by atoms with E-state index in [0.717, 1.165) is 62.8 Å². The van der Waals surface area contributed by atoms with Gasteiger partial charge < -0.3 is 4.74 Å². The Kier molecular flexibility index (Phi) is 10.7. The molecule has 1 aromatic carbocycles. The van der Waals surface area contributed by atoms with E-state index in [9.17, 15) is 61.9 Å². The number of benzene rings is 1. The lowest BCUT2D eigenvalue weighted by Gasteiger charge is -2.39. The zero-order chi connectivity index (χ0) is 31.5. The Balaban J connectivity index is 2.01. The van der Waals surface area contributed by atoms with Crippen molar-refractivity contribution < 1.29 is 66.6 Å². The van der Waals surface area contributed by atoms with Crippen LogP contribution in [0.5, 0.6) is 5.75 Å². The average molecular weight is 620 g/mol. The smallest absolute Gasteiger partial charge is 0.426 e. The molecular formula is C26H29F13O2. The molecule has 0 unspecified atom stereocenters. The summed E-state index contributed by atoms with van der Waals surface area (Å²) in [6.45, 7) is 2.09. The van der Waals surface area contributed by atoms with Crippen LogP contribution in [0.1, 0.15) is 70.3 Å². The number of hydrogen-bond acceptors (Lipinski definition) is 2. The quantitative estimate of drug-likeness (QED) is 0.0951. The third-order valence-electron chi connectivity index (χ3n) is 7.26. The van der Waals surface area contributed by atoms with E-state index >= 15 is 0 Å². The van der Waals surface area contributed by atoms with Gasteiger partial charge in [-0.05, 0) is 55.7 Å². The Bertz CT molecular complexity index is 996. The van der Waals surface area contributed by atoms with Gasteiger partial charge in [0, 0.05) is 6.42 Å². The standard InChI is InChI=1S/C26H29F13O2/c1-2-3-4-5-16-6-10-18(11-7-16)20(40)41-19-12-8-17(9-13-19)14-15-21(27,28)22(29,30)23(31,32)24(33,34)25(35,36)26(37,38)39/h8-9,12-13,16,18H,2-7,10-11,14-15H2,1H3/t16-,18-. The molecule has 1 saturated carbocycles. The van der Waals surface area contributed by atoms with Crippen LogP contribution in [0.4, 0.5) is 57.1 Å². The minimum atomic E-state index is -7.91. The predicted molar refractivity (Wildman–Crippen MR) is 121 cm³/mol. The average Bonchev–Trinajstić information content (AvgIpc) is 2.87. The summed E-state index contributed by atoms with van der Waals surface area (Å²) in [4.78, 5) is 12.4. The van der Waals surface area contributed by atoms with Crippen molar-refractivity contribution in [2.24, 2.45) is 11.8 Å². The van der Waals surface area contributed by atoms with Crippen molar-refractivity contribution in [1.82, 2.24) is 0 Å². The number of rotatable bonds is 13. The van der Waals surface area contributed by atoms with Gasteiger partial charge in [-0.25, -0.2) is 0 Å². The fourth-order valence-electron chi connectivity index (χ4n) is 4.55. The highest BCUT2D eigenvalue weighted by molar-refractivity contribution is 5.75. The molecule has 1 aromatic rings. The van der Waals surface area contributed by atoms with Crippen molar-refractivity contribution in [3.63, 3.8) is 0 Å². The van der Waals surface area contributed by atoms with Gasteiger partial charge in [-0.1, -0.05) is 44.7 Å². The van der Waals surface area contributed by atoms with Gasteiger partial charge in [0.25, 0.3) is 0 Å². The molecule has 15 heteroatoms. The second-order valence-corrected chi connectivity index (χ2v) is 10.3. The Morgan fingerprint density at radius 2 is 1.24 bits per heavy atom. The Morgan fingerprint density at radius 1 is 0.732 bits per heavy atom. The van der Waals surface area contributed by atoms with Crippen LogP contribution in [0.25, 0.3) is 0 Å². The summed E-state index contributed by atoms with van der Waals surface area (Å²) in [5.74, 6) is -37.4. The summed E-state index contributed by atoms with van der Waals surface area (Å²) >= 11 is 0. The second kappa shape index (κ2) is 12.6. The first-order chi connectivity index (χ1) is 18.6. The van der Waals surface area contributed by atoms with Crippen LogP contribution in [0.2, 0.25) is 0 Å². The first-order valence-corrected chi connectivity index (χ1v) is 12.9. The summed E-state index contributed by atoms with van der Waals surface area (Å²) in [5.41, 5.74) is -0.261. The molecule has 1 fully saturated rings. The molecule has 2 nitrogen and oxygen atoms in total. The van der Waals surface area contributed by atoms with E-state index < -0.39 is 54.6 Å². The van der Waals surface area contributed by atoms with Crippen molar-refractivity contribution in [2.45, 2.75) is 107 Å². The fraction of sp³-hybridized carbons (Fsp3) is 0.731. The molecular weight excluding hydrogens is 591 g/mol. The largest absolute Gasteiger partial charge is 0.460 e. The Morgan fingerprint density at radius 3 is 1.73 bits per heavy atom. The Labute approximate surface area is 227 Å². The predicted octanol–water partition coefficient (Wildman–Crippen LogP) is 9.65. The summed E-state index contributed by atoms with van der Waals surface area (Å²) in [7, 11) is 0. The van der Waals surface area contributed by atoms with Gasteiger partial charge in [0.15, 0.2) is 0 Å². The zero-order valence-electron chi connectivity index (χ0n) is 21.8. The van der Waals surface area contributed by atoms with E-state index in [1.165, 1.54) is 0 Å². The van der Waals surface area contributed by atoms with E-state index in [1.54, 1.807) is 0 Å². The molecule has 1 aliphatic rings. The highest BCUT2D eigenvalue weighted by atomic mass is 19.4. The SMILES string of the molecule is CCCCC[C@H]1CC[C@H](C(=O)Oc2ccc(CCC(F)(F)C(F)(F)C(F)(F)C(F)(F)C(F)(F)C(F)(F)F)cc2)CC1. The summed E-state index contributed by atoms with van der Waals surface area (Å²) in [6.07, 6.45) is -3.65. The lowest BCUT2D eigenvalue weighted by molar-refractivity contribution is -0.440. The number of hydrogen-bond donors (Lipinski definition) is 0. The van der Waals surface area contributed by atoms with Crippen LogP contribution in [0, 0.1) is 11.8 Å². The van der Waals surface area contributed by atoms with E-state index in [1.807, 2.05) is 0 Å². The topological polar surface area (TPSA) is 26.3 Å². The number of carbonyl (C=O) groups excluding carboxylic acids is 1. The molecule has 0 aromatic heterocycles. The van der Waals surface area contributed by atoms with Crippen molar-refractivity contribution in [3.05, 3.63) is 29.8 Å². The lowest BCUT2D eigenvalue weighted by Crippen LogP contribution is -2.70. The summed E-state index contributed by atoms with van der Waals surface area (Å²) in [5, 5.41) is 0. The molecule has 0 spiro atoms. The normalized spacial score (nSPS) is 19.8. The van der Waals surface area contributed by atoms with E-state index in [-0.39, 0.29) is 17.2 Å². The molecule has 0 radical (unpaired) electrons. The first kappa shape index (κ1) is 35.0. The number of ether oxygens (including phenoxy) is 1. The lowest BCUT2D eigenvalue weighted by atomic mass is 9.80. The molecule has 41 heavy (non-hydrogen) atoms. The third-order valence-corrected chi connectivity index (χ3v) is 7.26. The second-order valence-electron chi connectivity index (χ2n) is 10.3. The maximum atomic E-state index is 14.0. The minimum absolute atomic E-state index is 0.0542. The molecule has 0 heterocycles. The number of unbranched alkanes of at least 4 members (excludes halogenated alkanes) is 2. The first-order valence-electron chi connectivity index (χ1n) is 12.9. The molecule has 0 saturated heterocycles. The zero-order valence-corrected chi connectivity index (χ0v) is 21.8. The number of halogens is 13. The van der Waals surface area contributed by atoms with Gasteiger partial charge in [-0.15, -0.1) is 0 Å². The van der Waals surface area contributed by atoms with Gasteiger partial charge in [0.1, 0.15) is 5.75 Å². The molecule has 0 bridgehead atoms. The number of aryl methyl sites for hydroxylation is 1.